The fraction of sp³-hybridized carbons (Fsp3) is 0.188. The fourth-order valence-electron chi connectivity index (χ4n) is 1.93. The molecular formula is C16H16N5O+. The number of carbonyl (C=O) groups excluding carboxylic acids is 1. The molecule has 22 heavy (non-hydrogen) atoms. The van der Waals surface area contributed by atoms with Gasteiger partial charge in [0.25, 0.3) is 0 Å². The van der Waals surface area contributed by atoms with Crippen LogP contribution in [0.25, 0.3) is 10.4 Å². The van der Waals surface area contributed by atoms with E-state index in [9.17, 15) is 4.79 Å². The van der Waals surface area contributed by atoms with E-state index >= 15 is 0 Å². The molecule has 0 aliphatic heterocycles. The number of benzene rings is 1. The van der Waals surface area contributed by atoms with Crippen LogP contribution in [-0.2, 0) is 13.0 Å². The first kappa shape index (κ1) is 15.4. The molecule has 0 radical (unpaired) electrons. The van der Waals surface area contributed by atoms with Crippen LogP contribution in [-0.4, -0.2) is 17.3 Å². The number of Topliss-reactive ketones (excluding diaryl/α,β-unsaturated/α-hetero) is 1. The van der Waals surface area contributed by atoms with Gasteiger partial charge in [0.05, 0.1) is 6.20 Å². The first-order valence-electron chi connectivity index (χ1n) is 6.87. The van der Waals surface area contributed by atoms with E-state index in [1.807, 2.05) is 47.2 Å². The molecule has 0 bridgehead atoms. The van der Waals surface area contributed by atoms with Gasteiger partial charge < -0.3 is 0 Å². The van der Waals surface area contributed by atoms with Crippen molar-refractivity contribution in [2.75, 3.05) is 6.54 Å². The van der Waals surface area contributed by atoms with Crippen molar-refractivity contribution in [3.8, 4) is 0 Å². The highest BCUT2D eigenvalue weighted by Crippen LogP contribution is 2.00. The first-order chi connectivity index (χ1) is 10.8. The summed E-state index contributed by atoms with van der Waals surface area (Å²) in [7, 11) is 0. The van der Waals surface area contributed by atoms with Crippen molar-refractivity contribution in [1.29, 1.82) is 0 Å². The van der Waals surface area contributed by atoms with Crippen LogP contribution in [0.2, 0.25) is 0 Å². The summed E-state index contributed by atoms with van der Waals surface area (Å²) >= 11 is 0. The minimum absolute atomic E-state index is 0.0571. The zero-order valence-electron chi connectivity index (χ0n) is 12.0. The van der Waals surface area contributed by atoms with Crippen LogP contribution >= 0.6 is 0 Å². The monoisotopic (exact) mass is 294 g/mol. The van der Waals surface area contributed by atoms with E-state index in [0.717, 1.165) is 5.69 Å². The summed E-state index contributed by atoms with van der Waals surface area (Å²) in [5.41, 5.74) is 9.72. The van der Waals surface area contributed by atoms with Gasteiger partial charge in [0.1, 0.15) is 5.69 Å². The molecule has 1 aromatic carbocycles. The highest BCUT2D eigenvalue weighted by Gasteiger charge is 2.12. The summed E-state index contributed by atoms with van der Waals surface area (Å²) in [6.45, 7) is 0.609. The molecule has 2 rings (SSSR count). The maximum atomic E-state index is 12.2. The highest BCUT2D eigenvalue weighted by atomic mass is 16.1. The number of azide groups is 1. The molecule has 0 N–H and O–H groups in total. The minimum Gasteiger partial charge on any atom is -0.287 e. The van der Waals surface area contributed by atoms with Gasteiger partial charge in [0.2, 0.25) is 12.3 Å². The van der Waals surface area contributed by atoms with Crippen LogP contribution in [0.15, 0.2) is 66.2 Å². The lowest BCUT2D eigenvalue weighted by atomic mass is 10.1. The largest absolute Gasteiger partial charge is 0.287 e. The molecule has 0 amide bonds. The number of hydrogen-bond donors (Lipinski definition) is 0. The van der Waals surface area contributed by atoms with E-state index in [1.165, 1.54) is 0 Å². The SMILES string of the molecule is [N-]=[N+]=NCC=CCc1c[n+](CC(=O)c2ccccc2)ccn1. The van der Waals surface area contributed by atoms with Crippen LogP contribution in [0.4, 0.5) is 0 Å². The molecule has 0 atom stereocenters. The molecule has 0 saturated heterocycles. The summed E-state index contributed by atoms with van der Waals surface area (Å²) in [6, 6.07) is 9.21. The summed E-state index contributed by atoms with van der Waals surface area (Å²) in [5.74, 6) is 0.0571. The lowest BCUT2D eigenvalue weighted by Gasteiger charge is -1.99. The number of allylic oxidation sites excluding steroid dienone is 1. The Kier molecular flexibility index (Phi) is 5.84. The van der Waals surface area contributed by atoms with E-state index < -0.39 is 0 Å². The van der Waals surface area contributed by atoms with Gasteiger partial charge in [-0.2, -0.15) is 4.57 Å². The Hall–Kier alpha value is -2.98. The summed E-state index contributed by atoms with van der Waals surface area (Å²) < 4.78 is 1.82. The Morgan fingerprint density at radius 3 is 2.91 bits per heavy atom. The van der Waals surface area contributed by atoms with Crippen molar-refractivity contribution < 1.29 is 9.36 Å². The second-order valence-corrected chi connectivity index (χ2v) is 4.60. The predicted molar refractivity (Wildman–Crippen MR) is 82.1 cm³/mol. The Labute approximate surface area is 128 Å². The van der Waals surface area contributed by atoms with E-state index in [4.69, 9.17) is 5.53 Å². The van der Waals surface area contributed by atoms with Crippen molar-refractivity contribution in [3.63, 3.8) is 0 Å². The molecule has 1 heterocycles. The standard InChI is InChI=1S/C16H16N5O/c17-20-19-9-5-4-8-15-12-21(11-10-18-15)13-16(22)14-6-2-1-3-7-14/h1-7,10-12H,8-9,13H2/q+1. The zero-order valence-corrected chi connectivity index (χ0v) is 12.0. The second-order valence-electron chi connectivity index (χ2n) is 4.60. The molecule has 6 heteroatoms. The normalized spacial score (nSPS) is 10.4. The Bertz CT molecular complexity index is 705. The Balaban J connectivity index is 1.98. The highest BCUT2D eigenvalue weighted by molar-refractivity contribution is 5.94. The van der Waals surface area contributed by atoms with Crippen LogP contribution in [0.1, 0.15) is 16.1 Å². The molecule has 1 aromatic heterocycles. The third-order valence-electron chi connectivity index (χ3n) is 2.98. The second kappa shape index (κ2) is 8.34. The van der Waals surface area contributed by atoms with Gasteiger partial charge in [0, 0.05) is 23.4 Å². The maximum Gasteiger partial charge on any atom is 0.227 e. The molecule has 0 unspecified atom stereocenters. The van der Waals surface area contributed by atoms with E-state index in [2.05, 4.69) is 15.0 Å². The van der Waals surface area contributed by atoms with Crippen LogP contribution < -0.4 is 4.57 Å². The van der Waals surface area contributed by atoms with Crippen molar-refractivity contribution in [2.24, 2.45) is 5.11 Å². The smallest absolute Gasteiger partial charge is 0.227 e. The predicted octanol–water partition coefficient (Wildman–Crippen LogP) is 2.66. The number of ketones is 1. The summed E-state index contributed by atoms with van der Waals surface area (Å²) in [4.78, 5) is 19.1. The Morgan fingerprint density at radius 2 is 2.14 bits per heavy atom. The van der Waals surface area contributed by atoms with Gasteiger partial charge in [-0.3, -0.25) is 4.79 Å². The molecule has 2 aromatic rings. The van der Waals surface area contributed by atoms with Crippen molar-refractivity contribution >= 4 is 5.78 Å². The third-order valence-corrected chi connectivity index (χ3v) is 2.98. The number of nitrogens with zero attached hydrogens (tertiary/aromatic N) is 5. The molecule has 0 aliphatic carbocycles. The van der Waals surface area contributed by atoms with Gasteiger partial charge in [-0.1, -0.05) is 47.6 Å². The van der Waals surface area contributed by atoms with Crippen LogP contribution in [0.5, 0.6) is 0 Å². The first-order valence-corrected chi connectivity index (χ1v) is 6.87. The Morgan fingerprint density at radius 1 is 1.32 bits per heavy atom. The van der Waals surface area contributed by atoms with Gasteiger partial charge in [0.15, 0.2) is 12.4 Å². The van der Waals surface area contributed by atoms with Gasteiger partial charge >= 0.3 is 0 Å². The maximum absolute atomic E-state index is 12.2. The number of carbonyl (C=O) groups is 1. The molecule has 6 nitrogen and oxygen atoms in total. The number of aromatic nitrogens is 2. The topological polar surface area (TPSA) is 82.6 Å². The van der Waals surface area contributed by atoms with Crippen LogP contribution in [0, 0.1) is 0 Å². The lowest BCUT2D eigenvalue weighted by molar-refractivity contribution is -0.684. The summed E-state index contributed by atoms with van der Waals surface area (Å²) in [5, 5.41) is 3.42. The molecular weight excluding hydrogens is 278 g/mol. The third kappa shape index (κ3) is 4.85. The quantitative estimate of drug-likeness (QED) is 0.196. The lowest BCUT2D eigenvalue weighted by Crippen LogP contribution is -2.38. The van der Waals surface area contributed by atoms with Gasteiger partial charge in [-0.15, -0.1) is 0 Å². The summed E-state index contributed by atoms with van der Waals surface area (Å²) in [6.07, 6.45) is 9.59. The van der Waals surface area contributed by atoms with E-state index in [1.54, 1.807) is 18.5 Å². The minimum atomic E-state index is 0.0571. The van der Waals surface area contributed by atoms with E-state index in [0.29, 0.717) is 18.5 Å². The molecule has 0 spiro atoms. The molecule has 110 valence electrons. The van der Waals surface area contributed by atoms with Crippen molar-refractivity contribution in [1.82, 2.24) is 4.98 Å². The zero-order chi connectivity index (χ0) is 15.6. The molecule has 0 saturated carbocycles. The molecule has 0 aliphatic rings. The number of hydrogen-bond acceptors (Lipinski definition) is 3. The van der Waals surface area contributed by atoms with Crippen molar-refractivity contribution in [3.05, 3.63) is 82.8 Å². The number of rotatable bonds is 7. The molecule has 0 fully saturated rings. The van der Waals surface area contributed by atoms with Gasteiger partial charge in [-0.05, 0) is 5.53 Å². The van der Waals surface area contributed by atoms with E-state index in [-0.39, 0.29) is 12.3 Å². The average Bonchev–Trinajstić information content (AvgIpc) is 2.56. The van der Waals surface area contributed by atoms with Crippen LogP contribution in [0.3, 0.4) is 0 Å². The fourth-order valence-corrected chi connectivity index (χ4v) is 1.93. The average molecular weight is 294 g/mol. The van der Waals surface area contributed by atoms with Crippen molar-refractivity contribution in [2.45, 2.75) is 13.0 Å². The van der Waals surface area contributed by atoms with Gasteiger partial charge in [-0.25, -0.2) is 4.98 Å².